The summed E-state index contributed by atoms with van der Waals surface area (Å²) in [5.41, 5.74) is 7.04. The van der Waals surface area contributed by atoms with Gasteiger partial charge in [0.05, 0.1) is 11.7 Å². The summed E-state index contributed by atoms with van der Waals surface area (Å²) in [5.74, 6) is -0.101. The Kier molecular flexibility index (Phi) is 6.10. The van der Waals surface area contributed by atoms with Crippen molar-refractivity contribution in [3.8, 4) is 0 Å². The highest BCUT2D eigenvalue weighted by Crippen LogP contribution is 2.27. The normalized spacial score (nSPS) is 15.4. The summed E-state index contributed by atoms with van der Waals surface area (Å²) in [7, 11) is 0. The highest BCUT2D eigenvalue weighted by molar-refractivity contribution is 7.11. The summed E-state index contributed by atoms with van der Waals surface area (Å²) in [6, 6.07) is 7.33. The van der Waals surface area contributed by atoms with Crippen molar-refractivity contribution in [1.29, 1.82) is 0 Å². The van der Waals surface area contributed by atoms with Gasteiger partial charge in [0, 0.05) is 55.7 Å². The molecular weight excluding hydrogens is 450 g/mol. The molecular formula is C25H25N5O3S. The third kappa shape index (κ3) is 4.31. The van der Waals surface area contributed by atoms with Crippen molar-refractivity contribution < 1.29 is 14.4 Å². The number of thiazole rings is 1. The summed E-state index contributed by atoms with van der Waals surface area (Å²) in [5, 5.41) is 2.97. The largest absolute Gasteiger partial charge is 0.347 e. The molecule has 1 fully saturated rings. The zero-order valence-electron chi connectivity index (χ0n) is 18.9. The second-order valence-corrected chi connectivity index (χ2v) is 9.44. The van der Waals surface area contributed by atoms with Gasteiger partial charge in [-0.15, -0.1) is 11.3 Å². The van der Waals surface area contributed by atoms with Crippen molar-refractivity contribution in [2.75, 3.05) is 18.0 Å². The maximum atomic E-state index is 13.3. The molecule has 0 radical (unpaired) electrons. The Morgan fingerprint density at radius 2 is 2.06 bits per heavy atom. The molecule has 2 aromatic heterocycles. The van der Waals surface area contributed by atoms with Gasteiger partial charge in [-0.2, -0.15) is 0 Å². The number of hydrogen-bond acceptors (Lipinski definition) is 6. The van der Waals surface area contributed by atoms with Crippen LogP contribution in [0.25, 0.3) is 0 Å². The Morgan fingerprint density at radius 1 is 1.18 bits per heavy atom. The van der Waals surface area contributed by atoms with Gasteiger partial charge in [0.25, 0.3) is 11.8 Å². The van der Waals surface area contributed by atoms with Crippen molar-refractivity contribution in [1.82, 2.24) is 20.2 Å². The molecule has 3 aromatic rings. The van der Waals surface area contributed by atoms with Gasteiger partial charge in [0.1, 0.15) is 4.88 Å². The summed E-state index contributed by atoms with van der Waals surface area (Å²) in [6.07, 6.45) is 5.49. The van der Waals surface area contributed by atoms with E-state index in [0.29, 0.717) is 49.5 Å². The second kappa shape index (κ2) is 9.34. The summed E-state index contributed by atoms with van der Waals surface area (Å²) >= 11 is 1.30. The first-order chi connectivity index (χ1) is 16.5. The maximum absolute atomic E-state index is 13.3. The lowest BCUT2D eigenvalue weighted by molar-refractivity contribution is -0.117. The maximum Gasteiger partial charge on any atom is 0.263 e. The first-order valence-corrected chi connectivity index (χ1v) is 12.2. The molecule has 0 spiro atoms. The Morgan fingerprint density at radius 3 is 2.82 bits per heavy atom. The Bertz CT molecular complexity index is 1260. The van der Waals surface area contributed by atoms with Crippen LogP contribution in [0, 0.1) is 6.92 Å². The third-order valence-electron chi connectivity index (χ3n) is 6.44. The van der Waals surface area contributed by atoms with E-state index < -0.39 is 0 Å². The lowest BCUT2D eigenvalue weighted by Gasteiger charge is -2.31. The molecule has 0 aliphatic carbocycles. The molecule has 1 saturated heterocycles. The second-order valence-electron chi connectivity index (χ2n) is 8.55. The van der Waals surface area contributed by atoms with Crippen molar-refractivity contribution in [3.63, 3.8) is 0 Å². The molecule has 0 unspecified atom stereocenters. The number of hydrogen-bond donors (Lipinski definition) is 1. The molecule has 34 heavy (non-hydrogen) atoms. The predicted octanol–water partition coefficient (Wildman–Crippen LogP) is 3.10. The average molecular weight is 476 g/mol. The van der Waals surface area contributed by atoms with E-state index in [2.05, 4.69) is 15.3 Å². The van der Waals surface area contributed by atoms with E-state index in [-0.39, 0.29) is 17.7 Å². The minimum absolute atomic E-state index is 0.0558. The molecule has 9 heteroatoms. The minimum Gasteiger partial charge on any atom is -0.347 e. The third-order valence-corrected chi connectivity index (χ3v) is 7.21. The van der Waals surface area contributed by atoms with Crippen LogP contribution in [0.3, 0.4) is 0 Å². The molecule has 8 nitrogen and oxygen atoms in total. The molecule has 5 rings (SSSR count). The zero-order valence-corrected chi connectivity index (χ0v) is 19.7. The SMILES string of the molecule is Cc1ncc2c(c1CNC(=O)c1cncs1)CCN(C(=O)c1cccc(N3CCCC3=O)c1)C2. The molecule has 2 aliphatic rings. The van der Waals surface area contributed by atoms with Crippen LogP contribution in [0.5, 0.6) is 0 Å². The van der Waals surface area contributed by atoms with E-state index in [1.54, 1.807) is 22.7 Å². The molecule has 0 bridgehead atoms. The fraction of sp³-hybridized carbons (Fsp3) is 0.320. The number of fused-ring (bicyclic) bond motifs is 1. The molecule has 1 N–H and O–H groups in total. The van der Waals surface area contributed by atoms with E-state index in [4.69, 9.17) is 0 Å². The van der Waals surface area contributed by atoms with E-state index >= 15 is 0 Å². The quantitative estimate of drug-likeness (QED) is 0.612. The molecule has 4 heterocycles. The molecule has 174 valence electrons. The minimum atomic E-state index is -0.150. The van der Waals surface area contributed by atoms with E-state index in [1.807, 2.05) is 36.2 Å². The monoisotopic (exact) mass is 475 g/mol. The summed E-state index contributed by atoms with van der Waals surface area (Å²) < 4.78 is 0. The van der Waals surface area contributed by atoms with E-state index in [0.717, 1.165) is 34.5 Å². The van der Waals surface area contributed by atoms with Crippen molar-refractivity contribution in [2.24, 2.45) is 0 Å². The van der Waals surface area contributed by atoms with Gasteiger partial charge in [-0.3, -0.25) is 24.4 Å². The first kappa shape index (κ1) is 22.2. The van der Waals surface area contributed by atoms with Crippen LogP contribution < -0.4 is 10.2 Å². The van der Waals surface area contributed by atoms with Gasteiger partial charge in [-0.05, 0) is 54.7 Å². The van der Waals surface area contributed by atoms with Crippen LogP contribution in [0.4, 0.5) is 5.69 Å². The lowest BCUT2D eigenvalue weighted by Crippen LogP contribution is -2.37. The van der Waals surface area contributed by atoms with Crippen LogP contribution >= 0.6 is 11.3 Å². The number of anilines is 1. The van der Waals surface area contributed by atoms with Gasteiger partial charge in [0.2, 0.25) is 5.91 Å². The fourth-order valence-electron chi connectivity index (χ4n) is 4.62. The number of rotatable bonds is 5. The van der Waals surface area contributed by atoms with Crippen molar-refractivity contribution >= 4 is 34.7 Å². The molecule has 1 aromatic carbocycles. The highest BCUT2D eigenvalue weighted by atomic mass is 32.1. The van der Waals surface area contributed by atoms with Crippen LogP contribution in [-0.2, 0) is 24.3 Å². The van der Waals surface area contributed by atoms with E-state index in [9.17, 15) is 14.4 Å². The number of aryl methyl sites for hydroxylation is 1. The number of nitrogens with one attached hydrogen (secondary N) is 1. The Labute approximate surface area is 201 Å². The number of carbonyl (C=O) groups excluding carboxylic acids is 3. The fourth-order valence-corrected chi connectivity index (χ4v) is 5.16. The first-order valence-electron chi connectivity index (χ1n) is 11.3. The summed E-state index contributed by atoms with van der Waals surface area (Å²) in [4.78, 5) is 50.4. The van der Waals surface area contributed by atoms with Gasteiger partial charge >= 0.3 is 0 Å². The van der Waals surface area contributed by atoms with Crippen LogP contribution in [-0.4, -0.2) is 45.7 Å². The number of carbonyl (C=O) groups is 3. The van der Waals surface area contributed by atoms with E-state index in [1.165, 1.54) is 11.3 Å². The lowest BCUT2D eigenvalue weighted by atomic mass is 9.94. The molecule has 2 aliphatic heterocycles. The van der Waals surface area contributed by atoms with Crippen LogP contribution in [0.2, 0.25) is 0 Å². The van der Waals surface area contributed by atoms with Crippen molar-refractivity contribution in [2.45, 2.75) is 39.3 Å². The van der Waals surface area contributed by atoms with Gasteiger partial charge in [0.15, 0.2) is 0 Å². The van der Waals surface area contributed by atoms with Crippen LogP contribution in [0.15, 0.2) is 42.2 Å². The number of nitrogens with zero attached hydrogens (tertiary/aromatic N) is 4. The zero-order chi connectivity index (χ0) is 23.7. The molecule has 0 atom stereocenters. The average Bonchev–Trinajstić information content (AvgIpc) is 3.55. The predicted molar refractivity (Wildman–Crippen MR) is 129 cm³/mol. The molecule has 0 saturated carbocycles. The Balaban J connectivity index is 1.31. The van der Waals surface area contributed by atoms with Crippen molar-refractivity contribution in [3.05, 3.63) is 75.0 Å². The molecule has 3 amide bonds. The number of benzene rings is 1. The standard InChI is InChI=1S/C25H25N5O3S/c1-16-21(12-28-24(32)22-13-26-15-34-22)20-7-9-29(14-18(20)11-27-16)25(33)17-4-2-5-19(10-17)30-8-3-6-23(30)31/h2,4-5,10-11,13,15H,3,6-9,12,14H2,1H3,(H,28,32). The number of aromatic nitrogens is 2. The topological polar surface area (TPSA) is 95.5 Å². The smallest absolute Gasteiger partial charge is 0.263 e. The van der Waals surface area contributed by atoms with Gasteiger partial charge in [-0.25, -0.2) is 0 Å². The summed E-state index contributed by atoms with van der Waals surface area (Å²) in [6.45, 7) is 4.07. The Hall–Kier alpha value is -3.59. The highest BCUT2D eigenvalue weighted by Gasteiger charge is 2.27. The van der Waals surface area contributed by atoms with Crippen LogP contribution in [0.1, 0.15) is 55.3 Å². The number of amides is 3. The van der Waals surface area contributed by atoms with Gasteiger partial charge in [-0.1, -0.05) is 6.07 Å². The van der Waals surface area contributed by atoms with Gasteiger partial charge < -0.3 is 15.1 Å². The number of pyridine rings is 1.